The van der Waals surface area contributed by atoms with E-state index >= 15 is 0 Å². The summed E-state index contributed by atoms with van der Waals surface area (Å²) in [6.45, 7) is 2.55. The fourth-order valence-corrected chi connectivity index (χ4v) is 3.41. The first-order valence-corrected chi connectivity index (χ1v) is 8.30. The Hall–Kier alpha value is -2.15. The number of anilines is 2. The number of nitrogens with one attached hydrogen (secondary N) is 3. The lowest BCUT2D eigenvalue weighted by atomic mass is 9.80. The lowest BCUT2D eigenvalue weighted by Crippen LogP contribution is -2.42. The molecule has 0 spiro atoms. The van der Waals surface area contributed by atoms with E-state index in [1.54, 1.807) is 0 Å². The summed E-state index contributed by atoms with van der Waals surface area (Å²) < 4.78 is 0. The van der Waals surface area contributed by atoms with Crippen molar-refractivity contribution in [3.8, 4) is 0 Å². The molecule has 2 aromatic rings. The number of fused-ring (bicyclic) bond motifs is 2. The SMILES string of the molecule is CC1(N)c2cc(Cl)ccc2N(CCC(=N)N)c2ccc(Cl)cc21.N=N. The van der Waals surface area contributed by atoms with Crippen LogP contribution in [0.25, 0.3) is 0 Å². The van der Waals surface area contributed by atoms with Gasteiger partial charge < -0.3 is 16.4 Å². The van der Waals surface area contributed by atoms with E-state index in [1.165, 1.54) is 0 Å². The van der Waals surface area contributed by atoms with Crippen LogP contribution < -0.4 is 16.4 Å². The van der Waals surface area contributed by atoms with Gasteiger partial charge in [-0.3, -0.25) is 5.41 Å². The molecular formula is C17H20Cl2N6. The second-order valence-corrected chi connectivity index (χ2v) is 6.83. The fraction of sp³-hybridized carbons (Fsp3) is 0.235. The third kappa shape index (κ3) is 3.61. The first kappa shape index (κ1) is 19.2. The Labute approximate surface area is 156 Å². The highest BCUT2D eigenvalue weighted by molar-refractivity contribution is 6.31. The molecule has 1 heterocycles. The molecule has 0 saturated carbocycles. The Kier molecular flexibility index (Phi) is 5.67. The lowest BCUT2D eigenvalue weighted by Gasteiger charge is -2.42. The summed E-state index contributed by atoms with van der Waals surface area (Å²) in [5.41, 5.74) is 25.3. The van der Waals surface area contributed by atoms with Crippen LogP contribution in [-0.4, -0.2) is 12.4 Å². The standard InChI is InChI=1S/C17H18Cl2N4.H2N2/c1-17(22)12-8-10(18)2-4-14(12)23(7-6-16(20)21)15-5-3-11(19)9-13(15)17;1-2/h2-5,8-9H,6-7,22H2,1H3,(H3,20,21);1-2H. The van der Waals surface area contributed by atoms with Crippen molar-refractivity contribution in [1.82, 2.24) is 0 Å². The summed E-state index contributed by atoms with van der Waals surface area (Å²) in [6, 6.07) is 11.4. The van der Waals surface area contributed by atoms with E-state index in [1.807, 2.05) is 43.3 Å². The Morgan fingerprint density at radius 1 is 1.04 bits per heavy atom. The molecule has 8 heteroatoms. The van der Waals surface area contributed by atoms with E-state index in [0.717, 1.165) is 22.5 Å². The summed E-state index contributed by atoms with van der Waals surface area (Å²) in [6.07, 6.45) is 0.464. The quantitative estimate of drug-likeness (QED) is 0.304. The average molecular weight is 379 g/mol. The Morgan fingerprint density at radius 3 is 1.88 bits per heavy atom. The van der Waals surface area contributed by atoms with Gasteiger partial charge in [0.2, 0.25) is 0 Å². The van der Waals surface area contributed by atoms with E-state index < -0.39 is 5.54 Å². The van der Waals surface area contributed by atoms with Crippen LogP contribution in [0.1, 0.15) is 24.5 Å². The Morgan fingerprint density at radius 2 is 1.48 bits per heavy atom. The smallest absolute Gasteiger partial charge is 0.0923 e. The van der Waals surface area contributed by atoms with Gasteiger partial charge in [-0.2, -0.15) is 0 Å². The predicted octanol–water partition coefficient (Wildman–Crippen LogP) is 4.59. The van der Waals surface area contributed by atoms with Gasteiger partial charge in [0.25, 0.3) is 0 Å². The summed E-state index contributed by atoms with van der Waals surface area (Å²) in [5.74, 6) is 0.150. The number of hydrogen-bond acceptors (Lipinski definition) is 5. The van der Waals surface area contributed by atoms with E-state index in [0.29, 0.717) is 23.0 Å². The molecule has 3 rings (SSSR count). The third-order valence-electron chi connectivity index (χ3n) is 4.22. The van der Waals surface area contributed by atoms with Crippen molar-refractivity contribution < 1.29 is 0 Å². The molecule has 0 bridgehead atoms. The van der Waals surface area contributed by atoms with E-state index in [-0.39, 0.29) is 5.84 Å². The molecule has 0 radical (unpaired) electrons. The molecule has 0 atom stereocenters. The van der Waals surface area contributed by atoms with Gasteiger partial charge in [-0.15, -0.1) is 0 Å². The van der Waals surface area contributed by atoms with Crippen molar-refractivity contribution in [3.63, 3.8) is 0 Å². The molecule has 0 fully saturated rings. The minimum absolute atomic E-state index is 0.150. The summed E-state index contributed by atoms with van der Waals surface area (Å²) in [5, 5.41) is 8.78. The van der Waals surface area contributed by atoms with Crippen molar-refractivity contribution >= 4 is 40.4 Å². The highest BCUT2D eigenvalue weighted by Crippen LogP contribution is 2.47. The van der Waals surface area contributed by atoms with Gasteiger partial charge in [0.1, 0.15) is 0 Å². The fourth-order valence-electron chi connectivity index (χ4n) is 3.07. The highest BCUT2D eigenvalue weighted by atomic mass is 35.5. The zero-order valence-corrected chi connectivity index (χ0v) is 15.2. The van der Waals surface area contributed by atoms with Gasteiger partial charge in [0, 0.05) is 45.5 Å². The summed E-state index contributed by atoms with van der Waals surface area (Å²) in [7, 11) is 0. The first-order chi connectivity index (χ1) is 11.8. The van der Waals surface area contributed by atoms with Gasteiger partial charge >= 0.3 is 0 Å². The van der Waals surface area contributed by atoms with Crippen molar-refractivity contribution in [2.75, 3.05) is 11.4 Å². The second-order valence-electron chi connectivity index (χ2n) is 5.95. The van der Waals surface area contributed by atoms with Crippen molar-refractivity contribution in [1.29, 1.82) is 16.5 Å². The maximum Gasteiger partial charge on any atom is 0.0923 e. The molecule has 0 aliphatic carbocycles. The summed E-state index contributed by atoms with van der Waals surface area (Å²) >= 11 is 12.4. The molecule has 6 nitrogen and oxygen atoms in total. The molecular weight excluding hydrogens is 359 g/mol. The minimum Gasteiger partial charge on any atom is -0.388 e. The maximum absolute atomic E-state index is 7.51. The first-order valence-electron chi connectivity index (χ1n) is 7.55. The Balaban J connectivity index is 0.00000109. The minimum atomic E-state index is -0.701. The Bertz CT molecular complexity index is 750. The highest BCUT2D eigenvalue weighted by Gasteiger charge is 2.37. The van der Waals surface area contributed by atoms with E-state index in [9.17, 15) is 0 Å². The largest absolute Gasteiger partial charge is 0.388 e. The normalized spacial score (nSPS) is 14.0. The average Bonchev–Trinajstić information content (AvgIpc) is 2.57. The zero-order chi connectivity index (χ0) is 18.8. The van der Waals surface area contributed by atoms with Crippen LogP contribution in [0.2, 0.25) is 10.0 Å². The number of nitrogens with zero attached hydrogens (tertiary/aromatic N) is 1. The number of halogens is 2. The molecule has 1 aliphatic rings. The molecule has 0 aromatic heterocycles. The van der Waals surface area contributed by atoms with E-state index in [4.69, 9.17) is 51.1 Å². The maximum atomic E-state index is 7.51. The molecule has 0 unspecified atom stereocenters. The van der Waals surface area contributed by atoms with Gasteiger partial charge in [-0.05, 0) is 43.3 Å². The number of amidine groups is 1. The van der Waals surface area contributed by atoms with Gasteiger partial charge in [-0.1, -0.05) is 23.2 Å². The monoisotopic (exact) mass is 378 g/mol. The summed E-state index contributed by atoms with van der Waals surface area (Å²) in [4.78, 5) is 2.12. The predicted molar refractivity (Wildman–Crippen MR) is 103 cm³/mol. The van der Waals surface area contributed by atoms with Crippen LogP contribution in [0.4, 0.5) is 11.4 Å². The van der Waals surface area contributed by atoms with Crippen LogP contribution in [0, 0.1) is 16.5 Å². The number of nitrogens with two attached hydrogens (primary N) is 2. The number of hydrogen-bond donors (Lipinski definition) is 5. The van der Waals surface area contributed by atoms with Crippen molar-refractivity contribution in [3.05, 3.63) is 57.6 Å². The lowest BCUT2D eigenvalue weighted by molar-refractivity contribution is 0.590. The molecule has 0 saturated heterocycles. The van der Waals surface area contributed by atoms with Gasteiger partial charge in [-0.25, -0.2) is 11.1 Å². The van der Waals surface area contributed by atoms with Crippen LogP contribution in [0.15, 0.2) is 36.4 Å². The van der Waals surface area contributed by atoms with Crippen LogP contribution in [-0.2, 0) is 5.54 Å². The van der Waals surface area contributed by atoms with Crippen molar-refractivity contribution in [2.45, 2.75) is 18.9 Å². The topological polar surface area (TPSA) is 127 Å². The molecule has 7 N–H and O–H groups in total. The molecule has 132 valence electrons. The second kappa shape index (κ2) is 7.39. The van der Waals surface area contributed by atoms with Crippen LogP contribution >= 0.6 is 23.2 Å². The molecule has 2 aromatic carbocycles. The third-order valence-corrected chi connectivity index (χ3v) is 4.69. The van der Waals surface area contributed by atoms with Crippen LogP contribution in [0.3, 0.4) is 0 Å². The van der Waals surface area contributed by atoms with Crippen molar-refractivity contribution in [2.24, 2.45) is 11.5 Å². The number of benzene rings is 2. The van der Waals surface area contributed by atoms with Crippen LogP contribution in [0.5, 0.6) is 0 Å². The number of rotatable bonds is 3. The van der Waals surface area contributed by atoms with Gasteiger partial charge in [0.15, 0.2) is 0 Å². The molecule has 0 amide bonds. The molecule has 1 aliphatic heterocycles. The van der Waals surface area contributed by atoms with E-state index in [2.05, 4.69) is 4.90 Å². The zero-order valence-electron chi connectivity index (χ0n) is 13.7. The van der Waals surface area contributed by atoms with Gasteiger partial charge in [0.05, 0.1) is 11.4 Å². The molecule has 25 heavy (non-hydrogen) atoms.